The van der Waals surface area contributed by atoms with Gasteiger partial charge in [0.25, 0.3) is 0 Å². The molecular formula is C19H18F3N5. The second-order valence-electron chi connectivity index (χ2n) is 6.49. The fraction of sp³-hybridized carbons (Fsp3) is 0.316. The van der Waals surface area contributed by atoms with Crippen molar-refractivity contribution < 1.29 is 13.2 Å². The van der Waals surface area contributed by atoms with Crippen molar-refractivity contribution in [1.29, 1.82) is 0 Å². The van der Waals surface area contributed by atoms with Crippen LogP contribution < -0.4 is 4.90 Å². The first-order chi connectivity index (χ1) is 13.0. The molecule has 0 aliphatic carbocycles. The predicted octanol–water partition coefficient (Wildman–Crippen LogP) is 3.37. The van der Waals surface area contributed by atoms with Crippen molar-refractivity contribution in [2.75, 3.05) is 31.1 Å². The fourth-order valence-corrected chi connectivity index (χ4v) is 3.42. The Kier molecular flexibility index (Phi) is 4.65. The van der Waals surface area contributed by atoms with E-state index in [1.54, 1.807) is 12.4 Å². The zero-order valence-corrected chi connectivity index (χ0v) is 14.5. The van der Waals surface area contributed by atoms with E-state index >= 15 is 0 Å². The Morgan fingerprint density at radius 2 is 1.67 bits per heavy atom. The molecule has 3 aromatic rings. The van der Waals surface area contributed by atoms with E-state index in [1.807, 2.05) is 29.2 Å². The molecule has 1 aliphatic rings. The van der Waals surface area contributed by atoms with Gasteiger partial charge in [-0.25, -0.2) is 9.97 Å². The van der Waals surface area contributed by atoms with Crippen molar-refractivity contribution in [3.05, 3.63) is 60.2 Å². The summed E-state index contributed by atoms with van der Waals surface area (Å²) in [6, 6.07) is 10.9. The van der Waals surface area contributed by atoms with E-state index in [4.69, 9.17) is 0 Å². The van der Waals surface area contributed by atoms with Gasteiger partial charge in [-0.15, -0.1) is 0 Å². The van der Waals surface area contributed by atoms with Crippen molar-refractivity contribution in [2.45, 2.75) is 12.7 Å². The minimum atomic E-state index is -4.43. The van der Waals surface area contributed by atoms with E-state index < -0.39 is 11.9 Å². The first kappa shape index (κ1) is 17.7. The molecule has 1 saturated heterocycles. The molecule has 0 atom stereocenters. The van der Waals surface area contributed by atoms with Crippen LogP contribution in [0.4, 0.5) is 19.0 Å². The van der Waals surface area contributed by atoms with Crippen LogP contribution in [-0.2, 0) is 12.7 Å². The largest absolute Gasteiger partial charge is 0.433 e. The highest BCUT2D eigenvalue weighted by Crippen LogP contribution is 2.31. The van der Waals surface area contributed by atoms with Crippen LogP contribution in [0, 0.1) is 0 Å². The van der Waals surface area contributed by atoms with Crippen molar-refractivity contribution in [3.63, 3.8) is 0 Å². The second kappa shape index (κ2) is 7.11. The molecule has 0 unspecified atom stereocenters. The molecule has 140 valence electrons. The van der Waals surface area contributed by atoms with Crippen molar-refractivity contribution in [1.82, 2.24) is 19.9 Å². The number of hydrogen-bond donors (Lipinski definition) is 0. The maximum atomic E-state index is 13.1. The summed E-state index contributed by atoms with van der Waals surface area (Å²) in [4.78, 5) is 16.4. The molecular weight excluding hydrogens is 355 g/mol. The average Bonchev–Trinajstić information content (AvgIpc) is 2.68. The number of nitrogens with zero attached hydrogens (tertiary/aromatic N) is 5. The lowest BCUT2D eigenvalue weighted by Crippen LogP contribution is -2.46. The zero-order chi connectivity index (χ0) is 18.9. The van der Waals surface area contributed by atoms with E-state index in [2.05, 4.69) is 19.9 Å². The molecule has 4 rings (SSSR count). The van der Waals surface area contributed by atoms with E-state index in [0.717, 1.165) is 16.7 Å². The highest BCUT2D eigenvalue weighted by Gasteiger charge is 2.35. The zero-order valence-electron chi connectivity index (χ0n) is 14.5. The maximum absolute atomic E-state index is 13.1. The van der Waals surface area contributed by atoms with E-state index in [9.17, 15) is 13.2 Å². The van der Waals surface area contributed by atoms with Crippen LogP contribution >= 0.6 is 0 Å². The smallest absolute Gasteiger partial charge is 0.353 e. The molecule has 8 heteroatoms. The Morgan fingerprint density at radius 1 is 0.889 bits per heavy atom. The molecule has 2 aromatic heterocycles. The number of rotatable bonds is 3. The Morgan fingerprint density at radius 3 is 2.44 bits per heavy atom. The third-order valence-electron chi connectivity index (χ3n) is 4.75. The van der Waals surface area contributed by atoms with Gasteiger partial charge >= 0.3 is 6.18 Å². The molecule has 0 radical (unpaired) electrons. The Hall–Kier alpha value is -2.74. The molecule has 0 bridgehead atoms. The number of aromatic nitrogens is 3. The minimum absolute atomic E-state index is 0.214. The summed E-state index contributed by atoms with van der Waals surface area (Å²) in [6.45, 7) is 2.95. The Balaban J connectivity index is 1.47. The number of alkyl halides is 3. The first-order valence-electron chi connectivity index (χ1n) is 8.70. The number of para-hydroxylation sites is 1. The molecule has 0 amide bonds. The molecule has 1 fully saturated rings. The fourth-order valence-electron chi connectivity index (χ4n) is 3.42. The highest BCUT2D eigenvalue weighted by atomic mass is 19.4. The molecule has 3 heterocycles. The lowest BCUT2D eigenvalue weighted by molar-refractivity contribution is -0.142. The van der Waals surface area contributed by atoms with E-state index in [1.165, 1.54) is 12.3 Å². The Labute approximate surface area is 154 Å². The summed E-state index contributed by atoms with van der Waals surface area (Å²) in [5, 5.41) is 0.986. The number of anilines is 1. The van der Waals surface area contributed by atoms with Crippen LogP contribution in [0.2, 0.25) is 0 Å². The van der Waals surface area contributed by atoms with Crippen LogP contribution in [0.1, 0.15) is 11.3 Å². The minimum Gasteiger partial charge on any atom is -0.353 e. The van der Waals surface area contributed by atoms with E-state index in [-0.39, 0.29) is 12.1 Å². The number of hydrogen-bond acceptors (Lipinski definition) is 5. The van der Waals surface area contributed by atoms with Crippen LogP contribution in [0.15, 0.2) is 48.9 Å². The molecule has 0 N–H and O–H groups in total. The molecule has 5 nitrogen and oxygen atoms in total. The van der Waals surface area contributed by atoms with Crippen molar-refractivity contribution >= 4 is 16.7 Å². The number of pyridine rings is 1. The van der Waals surface area contributed by atoms with Crippen molar-refractivity contribution in [2.24, 2.45) is 0 Å². The maximum Gasteiger partial charge on any atom is 0.433 e. The normalized spacial score (nSPS) is 16.0. The average molecular weight is 373 g/mol. The predicted molar refractivity (Wildman–Crippen MR) is 96.3 cm³/mol. The van der Waals surface area contributed by atoms with Gasteiger partial charge in [0.2, 0.25) is 0 Å². The Bertz CT molecular complexity index is 931. The van der Waals surface area contributed by atoms with Crippen molar-refractivity contribution in [3.8, 4) is 0 Å². The van der Waals surface area contributed by atoms with E-state index in [0.29, 0.717) is 26.2 Å². The topological polar surface area (TPSA) is 45.2 Å². The monoisotopic (exact) mass is 373 g/mol. The lowest BCUT2D eigenvalue weighted by atomic mass is 10.1. The molecule has 1 aromatic carbocycles. The van der Waals surface area contributed by atoms with Gasteiger partial charge in [-0.1, -0.05) is 18.2 Å². The van der Waals surface area contributed by atoms with Crippen LogP contribution in [0.3, 0.4) is 0 Å². The van der Waals surface area contributed by atoms with Gasteiger partial charge < -0.3 is 4.90 Å². The standard InChI is InChI=1S/C19H18F3N5/c20-19(21,22)17-14(4-3-7-23-17)12-26-8-10-27(11-9-26)18-15-5-1-2-6-16(15)24-13-25-18/h1-7,13H,8-12H2. The third-order valence-corrected chi connectivity index (χ3v) is 4.75. The summed E-state index contributed by atoms with van der Waals surface area (Å²) >= 11 is 0. The van der Waals surface area contributed by atoms with Gasteiger partial charge in [0.15, 0.2) is 0 Å². The lowest BCUT2D eigenvalue weighted by Gasteiger charge is -2.36. The SMILES string of the molecule is FC(F)(F)c1ncccc1CN1CCN(c2ncnc3ccccc23)CC1. The van der Waals surface area contributed by atoms with Gasteiger partial charge in [-0.2, -0.15) is 13.2 Å². The number of halogens is 3. The highest BCUT2D eigenvalue weighted by molar-refractivity contribution is 5.89. The van der Waals surface area contributed by atoms with Gasteiger partial charge in [0, 0.05) is 44.3 Å². The summed E-state index contributed by atoms with van der Waals surface area (Å²) in [5.41, 5.74) is 0.301. The number of piperazine rings is 1. The van der Waals surface area contributed by atoms with Crippen LogP contribution in [0.5, 0.6) is 0 Å². The molecule has 0 spiro atoms. The quantitative estimate of drug-likeness (QED) is 0.704. The third kappa shape index (κ3) is 3.71. The summed E-state index contributed by atoms with van der Waals surface area (Å²) in [6.07, 6.45) is -1.70. The van der Waals surface area contributed by atoms with Gasteiger partial charge in [0.1, 0.15) is 17.8 Å². The second-order valence-corrected chi connectivity index (χ2v) is 6.49. The summed E-state index contributed by atoms with van der Waals surface area (Å²) < 4.78 is 39.4. The van der Waals surface area contributed by atoms with Crippen LogP contribution in [0.25, 0.3) is 10.9 Å². The summed E-state index contributed by atoms with van der Waals surface area (Å²) in [5.74, 6) is 0.873. The van der Waals surface area contributed by atoms with Gasteiger partial charge in [-0.3, -0.25) is 9.88 Å². The number of fused-ring (bicyclic) bond motifs is 1. The number of benzene rings is 1. The van der Waals surface area contributed by atoms with Crippen LogP contribution in [-0.4, -0.2) is 46.0 Å². The molecule has 1 aliphatic heterocycles. The summed E-state index contributed by atoms with van der Waals surface area (Å²) in [7, 11) is 0. The van der Waals surface area contributed by atoms with Gasteiger partial charge in [-0.05, 0) is 23.8 Å². The van der Waals surface area contributed by atoms with Gasteiger partial charge in [0.05, 0.1) is 5.52 Å². The molecule has 0 saturated carbocycles. The molecule has 27 heavy (non-hydrogen) atoms. The first-order valence-corrected chi connectivity index (χ1v) is 8.70.